The van der Waals surface area contributed by atoms with E-state index in [1.165, 1.54) is 23.0 Å². The van der Waals surface area contributed by atoms with Gasteiger partial charge >= 0.3 is 6.55 Å². The number of hydrogen-bond donors (Lipinski definition) is 3. The normalized spacial score (nSPS) is 22.8. The van der Waals surface area contributed by atoms with Gasteiger partial charge in [-0.05, 0) is 57.1 Å². The van der Waals surface area contributed by atoms with Crippen molar-refractivity contribution >= 4 is 22.7 Å². The highest BCUT2D eigenvalue weighted by Crippen LogP contribution is 2.56. The monoisotopic (exact) mass is 532 g/mol. The Labute approximate surface area is 216 Å². The smallest absolute Gasteiger partial charge is 0.333 e. The molecule has 2 aliphatic carbocycles. The third-order valence-electron chi connectivity index (χ3n) is 7.02. The van der Waals surface area contributed by atoms with E-state index in [0.717, 1.165) is 25.7 Å². The summed E-state index contributed by atoms with van der Waals surface area (Å²) in [5.41, 5.74) is 4.52. The summed E-state index contributed by atoms with van der Waals surface area (Å²) < 4.78 is 40.7. The average molecular weight is 533 g/mol. The SMILES string of the molecule is Cn1cc(C(N)=O)c(OC2CC3(CC(NC(=O)c4nn(C(F)F)c5cc(OCC(C)(C)O)ccc45)C3)C2)n1. The second-order valence-electron chi connectivity index (χ2n) is 11.0. The molecule has 3 aromatic rings. The maximum absolute atomic E-state index is 13.7. The van der Waals surface area contributed by atoms with E-state index in [1.54, 1.807) is 27.0 Å². The summed E-state index contributed by atoms with van der Waals surface area (Å²) in [6, 6.07) is 4.35. The summed E-state index contributed by atoms with van der Waals surface area (Å²) in [4.78, 5) is 24.6. The number of ether oxygens (including phenoxy) is 2. The number of hydrogen-bond acceptors (Lipinski definition) is 7. The van der Waals surface area contributed by atoms with Crippen LogP contribution >= 0.6 is 0 Å². The molecule has 1 spiro atoms. The van der Waals surface area contributed by atoms with Gasteiger partial charge in [0.1, 0.15) is 24.0 Å². The highest BCUT2D eigenvalue weighted by atomic mass is 19.3. The molecule has 0 bridgehead atoms. The number of carbonyl (C=O) groups excluding carboxylic acids is 2. The van der Waals surface area contributed by atoms with E-state index in [9.17, 15) is 23.5 Å². The molecule has 0 saturated heterocycles. The molecular weight excluding hydrogens is 502 g/mol. The largest absolute Gasteiger partial charge is 0.491 e. The Kier molecular flexibility index (Phi) is 6.28. The molecule has 2 heterocycles. The number of nitrogens with zero attached hydrogens (tertiary/aromatic N) is 4. The number of carbonyl (C=O) groups is 2. The molecule has 5 rings (SSSR count). The lowest BCUT2D eigenvalue weighted by atomic mass is 9.53. The number of rotatable bonds is 9. The van der Waals surface area contributed by atoms with Crippen molar-refractivity contribution in [3.8, 4) is 11.6 Å². The van der Waals surface area contributed by atoms with Gasteiger partial charge in [0.2, 0.25) is 5.88 Å². The summed E-state index contributed by atoms with van der Waals surface area (Å²) in [6.45, 7) is 0.160. The lowest BCUT2D eigenvalue weighted by molar-refractivity contribution is -0.0849. The van der Waals surface area contributed by atoms with Crippen molar-refractivity contribution in [2.45, 2.75) is 63.8 Å². The number of nitrogens with two attached hydrogens (primary N) is 1. The zero-order valence-electron chi connectivity index (χ0n) is 21.3. The fourth-order valence-electron chi connectivity index (χ4n) is 5.33. The number of nitrogens with one attached hydrogen (secondary N) is 1. The predicted molar refractivity (Wildman–Crippen MR) is 131 cm³/mol. The van der Waals surface area contributed by atoms with Crippen LogP contribution in [0.2, 0.25) is 0 Å². The topological polar surface area (TPSA) is 147 Å². The molecule has 2 aliphatic rings. The average Bonchev–Trinajstić information content (AvgIpc) is 3.34. The Hall–Kier alpha value is -3.74. The van der Waals surface area contributed by atoms with Crippen LogP contribution in [0.1, 0.15) is 66.9 Å². The van der Waals surface area contributed by atoms with Gasteiger partial charge < -0.3 is 25.6 Å². The number of aryl methyl sites for hydroxylation is 1. The van der Waals surface area contributed by atoms with Crippen LogP contribution in [0.5, 0.6) is 11.6 Å². The van der Waals surface area contributed by atoms with Gasteiger partial charge in [0.15, 0.2) is 5.69 Å². The molecule has 2 amide bonds. The number of primary amides is 1. The molecule has 1 aromatic carbocycles. The molecule has 2 aromatic heterocycles. The summed E-state index contributed by atoms with van der Waals surface area (Å²) >= 11 is 0. The van der Waals surface area contributed by atoms with Crippen molar-refractivity contribution in [2.75, 3.05) is 6.61 Å². The fraction of sp³-hybridized carbons (Fsp3) is 0.520. The van der Waals surface area contributed by atoms with Crippen molar-refractivity contribution in [2.24, 2.45) is 18.2 Å². The first kappa shape index (κ1) is 25.9. The van der Waals surface area contributed by atoms with Gasteiger partial charge in [-0.3, -0.25) is 14.3 Å². The molecule has 0 unspecified atom stereocenters. The molecule has 13 heteroatoms. The van der Waals surface area contributed by atoms with Crippen molar-refractivity contribution in [3.05, 3.63) is 35.7 Å². The van der Waals surface area contributed by atoms with E-state index in [-0.39, 0.29) is 58.0 Å². The molecular formula is C25H30F2N6O5. The Balaban J connectivity index is 1.20. The third-order valence-corrected chi connectivity index (χ3v) is 7.02. The zero-order valence-corrected chi connectivity index (χ0v) is 21.3. The Morgan fingerprint density at radius 1 is 1.26 bits per heavy atom. The highest BCUT2D eigenvalue weighted by molar-refractivity contribution is 6.05. The van der Waals surface area contributed by atoms with Gasteiger partial charge in [0.05, 0.1) is 11.1 Å². The summed E-state index contributed by atoms with van der Waals surface area (Å²) in [7, 11) is 1.68. The van der Waals surface area contributed by atoms with E-state index in [4.69, 9.17) is 15.2 Å². The molecule has 4 N–H and O–H groups in total. The van der Waals surface area contributed by atoms with Crippen LogP contribution < -0.4 is 20.5 Å². The second kappa shape index (κ2) is 9.22. The highest BCUT2D eigenvalue weighted by Gasteiger charge is 2.54. The number of benzene rings is 1. The Morgan fingerprint density at radius 3 is 2.61 bits per heavy atom. The van der Waals surface area contributed by atoms with E-state index in [2.05, 4.69) is 15.5 Å². The van der Waals surface area contributed by atoms with Crippen LogP contribution in [0.4, 0.5) is 8.78 Å². The van der Waals surface area contributed by atoms with Crippen LogP contribution in [0, 0.1) is 5.41 Å². The molecule has 2 saturated carbocycles. The maximum Gasteiger partial charge on any atom is 0.333 e. The molecule has 2 fully saturated rings. The molecule has 0 atom stereocenters. The predicted octanol–water partition coefficient (Wildman–Crippen LogP) is 2.53. The lowest BCUT2D eigenvalue weighted by Crippen LogP contribution is -2.58. The van der Waals surface area contributed by atoms with E-state index >= 15 is 0 Å². The summed E-state index contributed by atoms with van der Waals surface area (Å²) in [5.74, 6) is -0.622. The standard InChI is InChI=1S/C25H30F2N6O5/c1-24(2,36)12-37-14-4-5-16-18(6-14)33(23(26)27)30-19(16)21(35)29-13-7-25(8-13)9-15(10-25)38-22-17(20(28)34)11-32(3)31-22/h4-6,11,13,15,23,36H,7-10,12H2,1-3H3,(H2,28,34)(H,29,35). The van der Waals surface area contributed by atoms with Crippen LogP contribution in [0.3, 0.4) is 0 Å². The number of fused-ring (bicyclic) bond motifs is 1. The molecule has 0 aliphatic heterocycles. The van der Waals surface area contributed by atoms with Crippen molar-refractivity contribution in [1.29, 1.82) is 0 Å². The molecule has 204 valence electrons. The van der Waals surface area contributed by atoms with Gasteiger partial charge in [0, 0.05) is 30.7 Å². The maximum atomic E-state index is 13.7. The van der Waals surface area contributed by atoms with Gasteiger partial charge in [0.25, 0.3) is 11.8 Å². The van der Waals surface area contributed by atoms with Gasteiger partial charge in [-0.25, -0.2) is 4.68 Å². The number of aromatic nitrogens is 4. The van der Waals surface area contributed by atoms with Crippen molar-refractivity contribution in [3.63, 3.8) is 0 Å². The number of aliphatic hydroxyl groups is 1. The number of alkyl halides is 2. The van der Waals surface area contributed by atoms with Crippen LogP contribution in [0.15, 0.2) is 24.4 Å². The van der Waals surface area contributed by atoms with Gasteiger partial charge in [-0.2, -0.15) is 13.9 Å². The van der Waals surface area contributed by atoms with Gasteiger partial charge in [-0.1, -0.05) is 0 Å². The number of amides is 2. The minimum absolute atomic E-state index is 0.0292. The quantitative estimate of drug-likeness (QED) is 0.384. The van der Waals surface area contributed by atoms with E-state index in [1.807, 2.05) is 0 Å². The minimum atomic E-state index is -2.95. The van der Waals surface area contributed by atoms with Crippen LogP contribution in [0.25, 0.3) is 10.9 Å². The minimum Gasteiger partial charge on any atom is -0.491 e. The first-order valence-electron chi connectivity index (χ1n) is 12.3. The second-order valence-corrected chi connectivity index (χ2v) is 11.0. The Bertz CT molecular complexity index is 1380. The molecule has 38 heavy (non-hydrogen) atoms. The first-order valence-corrected chi connectivity index (χ1v) is 12.3. The van der Waals surface area contributed by atoms with Crippen molar-refractivity contribution < 1.29 is 33.0 Å². The van der Waals surface area contributed by atoms with Crippen LogP contribution in [-0.2, 0) is 7.05 Å². The zero-order chi connectivity index (χ0) is 27.4. The van der Waals surface area contributed by atoms with Crippen molar-refractivity contribution in [1.82, 2.24) is 24.9 Å². The summed E-state index contributed by atoms with van der Waals surface area (Å²) in [5, 5.41) is 21.1. The summed E-state index contributed by atoms with van der Waals surface area (Å²) in [6.07, 6.45) is 4.38. The Morgan fingerprint density at radius 2 is 1.97 bits per heavy atom. The van der Waals surface area contributed by atoms with Crippen LogP contribution in [-0.4, -0.2) is 60.8 Å². The van der Waals surface area contributed by atoms with E-state index in [0.29, 0.717) is 4.68 Å². The fourth-order valence-corrected chi connectivity index (χ4v) is 5.33. The first-order chi connectivity index (χ1) is 17.8. The number of halogens is 2. The van der Waals surface area contributed by atoms with E-state index < -0.39 is 24.0 Å². The molecule has 11 nitrogen and oxygen atoms in total. The third kappa shape index (κ3) is 5.02. The van der Waals surface area contributed by atoms with Gasteiger partial charge in [-0.15, -0.1) is 5.10 Å². The lowest BCUT2D eigenvalue weighted by Gasteiger charge is -2.57. The molecule has 0 radical (unpaired) electrons.